The number of methoxy groups -OCH3 is 1. The van der Waals surface area contributed by atoms with Gasteiger partial charge in [0.05, 0.1) is 17.7 Å². The van der Waals surface area contributed by atoms with E-state index in [1.165, 1.54) is 39.2 Å². The van der Waals surface area contributed by atoms with E-state index in [0.717, 1.165) is 5.56 Å². The molecular weight excluding hydrogens is 413 g/mol. The van der Waals surface area contributed by atoms with Crippen LogP contribution in [0.3, 0.4) is 0 Å². The van der Waals surface area contributed by atoms with Crippen molar-refractivity contribution in [1.29, 1.82) is 0 Å². The number of carbonyl (C=O) groups is 2. The van der Waals surface area contributed by atoms with Crippen molar-refractivity contribution in [2.24, 2.45) is 0 Å². The van der Waals surface area contributed by atoms with Crippen LogP contribution in [0.4, 0.5) is 4.39 Å². The lowest BCUT2D eigenvalue weighted by atomic mass is 10.1. The lowest BCUT2D eigenvalue weighted by Crippen LogP contribution is -2.11. The summed E-state index contributed by atoms with van der Waals surface area (Å²) in [5.74, 6) is -0.711. The quantitative estimate of drug-likeness (QED) is 0.378. The number of esters is 1. The van der Waals surface area contributed by atoms with Crippen LogP contribution in [0.2, 0.25) is 5.02 Å². The maximum absolute atomic E-state index is 14.3. The first-order valence-electron chi connectivity index (χ1n) is 9.11. The molecule has 1 heterocycles. The van der Waals surface area contributed by atoms with Crippen molar-refractivity contribution in [3.8, 4) is 22.8 Å². The summed E-state index contributed by atoms with van der Waals surface area (Å²) in [6, 6.07) is 9.16. The summed E-state index contributed by atoms with van der Waals surface area (Å²) in [5.41, 5.74) is 0.735. The van der Waals surface area contributed by atoms with E-state index in [1.807, 2.05) is 0 Å². The number of nitrogens with zero attached hydrogens (tertiary/aromatic N) is 1. The van der Waals surface area contributed by atoms with Gasteiger partial charge in [-0.3, -0.25) is 0 Å². The Labute approximate surface area is 177 Å². The Morgan fingerprint density at radius 2 is 1.97 bits per heavy atom. The molecule has 0 amide bonds. The van der Waals surface area contributed by atoms with Crippen molar-refractivity contribution in [3.63, 3.8) is 0 Å². The van der Waals surface area contributed by atoms with E-state index in [0.29, 0.717) is 18.6 Å². The molecule has 0 spiro atoms. The monoisotopic (exact) mass is 431 g/mol. The van der Waals surface area contributed by atoms with Gasteiger partial charge in [-0.2, -0.15) is 0 Å². The van der Waals surface area contributed by atoms with Crippen molar-refractivity contribution >= 4 is 23.4 Å². The molecule has 30 heavy (non-hydrogen) atoms. The Balaban J connectivity index is 1.92. The summed E-state index contributed by atoms with van der Waals surface area (Å²) >= 11 is 6.11. The second-order valence-electron chi connectivity index (χ2n) is 6.64. The van der Waals surface area contributed by atoms with E-state index in [9.17, 15) is 14.0 Å². The zero-order valence-electron chi connectivity index (χ0n) is 16.6. The molecule has 0 aliphatic carbocycles. The lowest BCUT2D eigenvalue weighted by Gasteiger charge is -2.11. The van der Waals surface area contributed by atoms with Crippen LogP contribution in [0.15, 0.2) is 40.9 Å². The third-order valence-electron chi connectivity index (χ3n) is 4.46. The Bertz CT molecular complexity index is 1090. The molecule has 0 aliphatic heterocycles. The van der Waals surface area contributed by atoms with Gasteiger partial charge in [-0.15, -0.1) is 0 Å². The minimum absolute atomic E-state index is 0.0373. The van der Waals surface area contributed by atoms with E-state index in [2.05, 4.69) is 5.16 Å². The highest BCUT2D eigenvalue weighted by atomic mass is 35.5. The molecule has 3 rings (SSSR count). The van der Waals surface area contributed by atoms with Crippen LogP contribution in [-0.4, -0.2) is 24.0 Å². The molecule has 2 aromatic carbocycles. The standard InChI is InChI=1S/C22H19ClFNO5/c1-12(26)7-8-14-9-10-17(18(11-14)28-3)29-22(27)19-13(2)30-25-21(19)20-15(23)5-4-6-16(20)24/h4-6,9-11H,7-8H2,1-3H3. The summed E-state index contributed by atoms with van der Waals surface area (Å²) in [6.07, 6.45) is 0.940. The number of Topliss-reactive ketones (excluding diaryl/α,β-unsaturated/α-hetero) is 1. The number of rotatable bonds is 7. The average Bonchev–Trinajstić information content (AvgIpc) is 3.08. The SMILES string of the molecule is COc1cc(CCC(C)=O)ccc1OC(=O)c1c(-c2c(F)cccc2Cl)noc1C. The van der Waals surface area contributed by atoms with Crippen molar-refractivity contribution in [2.45, 2.75) is 26.7 Å². The molecule has 8 heteroatoms. The summed E-state index contributed by atoms with van der Waals surface area (Å²) < 4.78 is 30.3. The van der Waals surface area contributed by atoms with Gasteiger partial charge in [0, 0.05) is 6.42 Å². The van der Waals surface area contributed by atoms with E-state index in [4.69, 9.17) is 25.6 Å². The van der Waals surface area contributed by atoms with Gasteiger partial charge in [-0.1, -0.05) is 28.9 Å². The van der Waals surface area contributed by atoms with Crippen LogP contribution >= 0.6 is 11.6 Å². The Kier molecular flexibility index (Phi) is 6.52. The molecule has 0 aliphatic rings. The van der Waals surface area contributed by atoms with E-state index >= 15 is 0 Å². The molecule has 1 aromatic heterocycles. The first-order valence-corrected chi connectivity index (χ1v) is 9.48. The van der Waals surface area contributed by atoms with Gasteiger partial charge < -0.3 is 18.8 Å². The second kappa shape index (κ2) is 9.09. The van der Waals surface area contributed by atoms with Crippen LogP contribution in [-0.2, 0) is 11.2 Å². The molecule has 0 bridgehead atoms. The van der Waals surface area contributed by atoms with Crippen molar-refractivity contribution in [1.82, 2.24) is 5.16 Å². The van der Waals surface area contributed by atoms with Gasteiger partial charge in [0.1, 0.15) is 28.6 Å². The van der Waals surface area contributed by atoms with Crippen molar-refractivity contribution in [2.75, 3.05) is 7.11 Å². The Morgan fingerprint density at radius 1 is 1.20 bits per heavy atom. The van der Waals surface area contributed by atoms with E-state index in [1.54, 1.807) is 18.2 Å². The number of hydrogen-bond acceptors (Lipinski definition) is 6. The van der Waals surface area contributed by atoms with Gasteiger partial charge in [0.2, 0.25) is 0 Å². The molecule has 0 unspecified atom stereocenters. The number of hydrogen-bond donors (Lipinski definition) is 0. The zero-order chi connectivity index (χ0) is 21.8. The normalized spacial score (nSPS) is 10.7. The topological polar surface area (TPSA) is 78.6 Å². The number of ether oxygens (including phenoxy) is 2. The largest absolute Gasteiger partial charge is 0.493 e. The van der Waals surface area contributed by atoms with Crippen LogP contribution in [0.25, 0.3) is 11.3 Å². The van der Waals surface area contributed by atoms with Crippen molar-refractivity contribution < 1.29 is 28.0 Å². The van der Waals surface area contributed by atoms with Crippen LogP contribution in [0.5, 0.6) is 11.5 Å². The van der Waals surface area contributed by atoms with Gasteiger partial charge in [0.15, 0.2) is 11.5 Å². The smallest absolute Gasteiger partial charge is 0.349 e. The van der Waals surface area contributed by atoms with Gasteiger partial charge in [0.25, 0.3) is 0 Å². The highest BCUT2D eigenvalue weighted by molar-refractivity contribution is 6.33. The number of ketones is 1. The third-order valence-corrected chi connectivity index (χ3v) is 4.78. The highest BCUT2D eigenvalue weighted by Gasteiger charge is 2.27. The fourth-order valence-electron chi connectivity index (χ4n) is 2.93. The fraction of sp³-hybridized carbons (Fsp3) is 0.227. The zero-order valence-corrected chi connectivity index (χ0v) is 17.4. The summed E-state index contributed by atoms with van der Waals surface area (Å²) in [5, 5.41) is 3.89. The molecule has 0 N–H and O–H groups in total. The molecule has 0 atom stereocenters. The highest BCUT2D eigenvalue weighted by Crippen LogP contribution is 2.35. The Morgan fingerprint density at radius 3 is 2.63 bits per heavy atom. The molecule has 6 nitrogen and oxygen atoms in total. The Hall–Kier alpha value is -3.19. The minimum Gasteiger partial charge on any atom is -0.493 e. The summed E-state index contributed by atoms with van der Waals surface area (Å²) in [4.78, 5) is 24.1. The van der Waals surface area contributed by atoms with Crippen molar-refractivity contribution in [3.05, 3.63) is 64.1 Å². The lowest BCUT2D eigenvalue weighted by molar-refractivity contribution is -0.116. The first kappa shape index (κ1) is 21.5. The minimum atomic E-state index is -0.794. The van der Waals surface area contributed by atoms with E-state index < -0.39 is 11.8 Å². The van der Waals surface area contributed by atoms with Crippen LogP contribution in [0, 0.1) is 12.7 Å². The van der Waals surface area contributed by atoms with Crippen LogP contribution < -0.4 is 9.47 Å². The second-order valence-corrected chi connectivity index (χ2v) is 7.04. The number of halogens is 2. The predicted octanol–water partition coefficient (Wildman–Crippen LogP) is 5.19. The number of aromatic nitrogens is 1. The number of benzene rings is 2. The number of aryl methyl sites for hydroxylation is 2. The fourth-order valence-corrected chi connectivity index (χ4v) is 3.18. The molecular formula is C22H19ClFNO5. The third kappa shape index (κ3) is 4.52. The molecule has 0 saturated carbocycles. The van der Waals surface area contributed by atoms with Gasteiger partial charge in [-0.05, 0) is 50.1 Å². The molecule has 0 radical (unpaired) electrons. The molecule has 0 fully saturated rings. The van der Waals surface area contributed by atoms with E-state index in [-0.39, 0.29) is 39.1 Å². The maximum Gasteiger partial charge on any atom is 0.349 e. The maximum atomic E-state index is 14.3. The summed E-state index contributed by atoms with van der Waals surface area (Å²) in [7, 11) is 1.44. The summed E-state index contributed by atoms with van der Waals surface area (Å²) in [6.45, 7) is 3.04. The number of carbonyl (C=O) groups excluding carboxylic acids is 2. The predicted molar refractivity (Wildman–Crippen MR) is 109 cm³/mol. The molecule has 3 aromatic rings. The first-order chi connectivity index (χ1) is 14.3. The molecule has 0 saturated heterocycles. The van der Waals surface area contributed by atoms with Crippen LogP contribution in [0.1, 0.15) is 35.0 Å². The van der Waals surface area contributed by atoms with Gasteiger partial charge in [-0.25, -0.2) is 9.18 Å². The molecule has 156 valence electrons. The van der Waals surface area contributed by atoms with Gasteiger partial charge >= 0.3 is 5.97 Å². The average molecular weight is 432 g/mol.